The van der Waals surface area contributed by atoms with Crippen molar-refractivity contribution in [3.63, 3.8) is 0 Å². The highest BCUT2D eigenvalue weighted by molar-refractivity contribution is 6.32. The van der Waals surface area contributed by atoms with E-state index < -0.39 is 17.3 Å². The van der Waals surface area contributed by atoms with Crippen LogP contribution in [0.3, 0.4) is 0 Å². The van der Waals surface area contributed by atoms with Crippen molar-refractivity contribution in [1.29, 1.82) is 0 Å². The number of carbonyl (C=O) groups is 1. The van der Waals surface area contributed by atoms with Gasteiger partial charge in [-0.1, -0.05) is 11.6 Å². The first kappa shape index (κ1) is 25.4. The number of fused-ring (bicyclic) bond motifs is 1. The fourth-order valence-electron chi connectivity index (χ4n) is 4.79. The minimum absolute atomic E-state index is 0.0375. The second kappa shape index (κ2) is 9.78. The van der Waals surface area contributed by atoms with Crippen molar-refractivity contribution in [2.45, 2.75) is 57.4 Å². The van der Waals surface area contributed by atoms with Gasteiger partial charge in [-0.2, -0.15) is 5.10 Å². The van der Waals surface area contributed by atoms with Crippen molar-refractivity contribution in [1.82, 2.24) is 30.4 Å². The van der Waals surface area contributed by atoms with Gasteiger partial charge in [0.1, 0.15) is 5.82 Å². The molecule has 2 heterocycles. The van der Waals surface area contributed by atoms with Gasteiger partial charge < -0.3 is 10.2 Å². The van der Waals surface area contributed by atoms with Crippen LogP contribution in [0.4, 0.5) is 8.78 Å². The van der Waals surface area contributed by atoms with Crippen LogP contribution < -0.4 is 5.32 Å². The number of aryl methyl sites for hydroxylation is 1. The monoisotopic (exact) mass is 504 g/mol. The number of likely N-dealkylation sites (N-methyl/N-ethyl adjacent to an activating group) is 1. The minimum Gasteiger partial charge on any atom is -0.355 e. The number of halogens is 3. The molecule has 188 valence electrons. The van der Waals surface area contributed by atoms with Gasteiger partial charge in [-0.15, -0.1) is 0 Å². The van der Waals surface area contributed by atoms with Crippen molar-refractivity contribution >= 4 is 28.4 Å². The van der Waals surface area contributed by atoms with E-state index in [-0.39, 0.29) is 18.4 Å². The largest absolute Gasteiger partial charge is 0.355 e. The van der Waals surface area contributed by atoms with E-state index in [0.29, 0.717) is 42.2 Å². The van der Waals surface area contributed by atoms with Gasteiger partial charge in [-0.05, 0) is 70.5 Å². The third-order valence-electron chi connectivity index (χ3n) is 7.25. The predicted octanol–water partition coefficient (Wildman–Crippen LogP) is 4.51. The quantitative estimate of drug-likeness (QED) is 0.424. The number of nitrogens with one attached hydrogen (secondary N) is 2. The van der Waals surface area contributed by atoms with E-state index in [1.54, 1.807) is 25.5 Å². The van der Waals surface area contributed by atoms with E-state index in [4.69, 9.17) is 11.6 Å². The molecule has 1 fully saturated rings. The maximum atomic E-state index is 14.6. The SMILES string of the molecule is Cc1ncc([C@H](CC(=O)NC[C@H](Cc2cc3cn[nH]c3cc2Cl)N(C)C)C2(C(C)(F)F)CC2)cn1. The van der Waals surface area contributed by atoms with E-state index in [1.165, 1.54) is 0 Å². The molecular weight excluding hydrogens is 474 g/mol. The highest BCUT2D eigenvalue weighted by Gasteiger charge is 2.63. The zero-order valence-corrected chi connectivity index (χ0v) is 21.2. The van der Waals surface area contributed by atoms with Crippen LogP contribution in [0.1, 0.15) is 49.1 Å². The van der Waals surface area contributed by atoms with Crippen LogP contribution in [0.25, 0.3) is 10.9 Å². The second-order valence-electron chi connectivity index (χ2n) is 9.89. The highest BCUT2D eigenvalue weighted by Crippen LogP contribution is 2.65. The number of hydrogen-bond donors (Lipinski definition) is 2. The Kier molecular flexibility index (Phi) is 7.11. The lowest BCUT2D eigenvalue weighted by Crippen LogP contribution is -2.43. The molecule has 0 saturated heterocycles. The molecule has 0 radical (unpaired) electrons. The smallest absolute Gasteiger partial charge is 0.251 e. The van der Waals surface area contributed by atoms with E-state index in [1.807, 2.05) is 31.1 Å². The molecule has 0 bridgehead atoms. The van der Waals surface area contributed by atoms with Crippen molar-refractivity contribution in [3.05, 3.63) is 52.7 Å². The van der Waals surface area contributed by atoms with Gasteiger partial charge in [-0.3, -0.25) is 9.89 Å². The molecule has 4 rings (SSSR count). The molecule has 0 aliphatic heterocycles. The summed E-state index contributed by atoms with van der Waals surface area (Å²) in [5, 5.41) is 11.5. The van der Waals surface area contributed by atoms with Gasteiger partial charge in [0.15, 0.2) is 0 Å². The first-order valence-corrected chi connectivity index (χ1v) is 12.1. The lowest BCUT2D eigenvalue weighted by Gasteiger charge is -2.32. The van der Waals surface area contributed by atoms with Crippen LogP contribution in [0.2, 0.25) is 5.02 Å². The number of hydrogen-bond acceptors (Lipinski definition) is 5. The molecule has 1 amide bonds. The summed E-state index contributed by atoms with van der Waals surface area (Å²) in [7, 11) is 3.87. The van der Waals surface area contributed by atoms with Crippen LogP contribution >= 0.6 is 11.6 Å². The van der Waals surface area contributed by atoms with Crippen LogP contribution in [0.5, 0.6) is 0 Å². The maximum absolute atomic E-state index is 14.6. The second-order valence-corrected chi connectivity index (χ2v) is 10.3. The Balaban J connectivity index is 1.46. The summed E-state index contributed by atoms with van der Waals surface area (Å²) < 4.78 is 29.2. The van der Waals surface area contributed by atoms with Crippen LogP contribution in [0.15, 0.2) is 30.7 Å². The molecule has 10 heteroatoms. The van der Waals surface area contributed by atoms with Crippen molar-refractivity contribution in [2.24, 2.45) is 5.41 Å². The first-order chi connectivity index (χ1) is 16.5. The number of amides is 1. The summed E-state index contributed by atoms with van der Waals surface area (Å²) in [6.07, 6.45) is 6.20. The topological polar surface area (TPSA) is 86.8 Å². The Morgan fingerprint density at radius 3 is 2.54 bits per heavy atom. The summed E-state index contributed by atoms with van der Waals surface area (Å²) >= 11 is 6.48. The Hall–Kier alpha value is -2.65. The fourth-order valence-corrected chi connectivity index (χ4v) is 5.03. The minimum atomic E-state index is -2.91. The van der Waals surface area contributed by atoms with Crippen LogP contribution in [0, 0.1) is 12.3 Å². The molecule has 1 aromatic carbocycles. The Morgan fingerprint density at radius 1 is 1.26 bits per heavy atom. The van der Waals surface area contributed by atoms with E-state index in [2.05, 4.69) is 25.5 Å². The summed E-state index contributed by atoms with van der Waals surface area (Å²) in [6, 6.07) is 3.80. The third kappa shape index (κ3) is 5.46. The van der Waals surface area contributed by atoms with Crippen molar-refractivity contribution in [2.75, 3.05) is 20.6 Å². The first-order valence-electron chi connectivity index (χ1n) is 11.7. The average molecular weight is 505 g/mol. The van der Waals surface area contributed by atoms with Gasteiger partial charge in [0, 0.05) is 53.1 Å². The molecule has 1 saturated carbocycles. The molecule has 0 unspecified atom stereocenters. The van der Waals surface area contributed by atoms with Crippen LogP contribution in [-0.2, 0) is 11.2 Å². The third-order valence-corrected chi connectivity index (χ3v) is 7.60. The molecule has 1 aliphatic rings. The number of aromatic nitrogens is 4. The number of alkyl halides is 2. The molecule has 0 spiro atoms. The number of benzene rings is 1. The van der Waals surface area contributed by atoms with Gasteiger partial charge in [0.2, 0.25) is 5.91 Å². The number of carbonyl (C=O) groups excluding carboxylic acids is 1. The Morgan fingerprint density at radius 2 is 1.94 bits per heavy atom. The fraction of sp³-hybridized carbons (Fsp3) is 0.520. The summed E-state index contributed by atoms with van der Waals surface area (Å²) in [5.41, 5.74) is 1.15. The highest BCUT2D eigenvalue weighted by atomic mass is 35.5. The van der Waals surface area contributed by atoms with Gasteiger partial charge >= 0.3 is 0 Å². The van der Waals surface area contributed by atoms with Crippen molar-refractivity contribution in [3.8, 4) is 0 Å². The van der Waals surface area contributed by atoms with E-state index >= 15 is 0 Å². The average Bonchev–Trinajstić information content (AvgIpc) is 3.49. The molecule has 3 aromatic rings. The molecule has 35 heavy (non-hydrogen) atoms. The van der Waals surface area contributed by atoms with E-state index in [9.17, 15) is 13.6 Å². The number of rotatable bonds is 10. The lowest BCUT2D eigenvalue weighted by molar-refractivity contribution is -0.123. The summed E-state index contributed by atoms with van der Waals surface area (Å²) in [4.78, 5) is 23.4. The molecule has 2 aromatic heterocycles. The normalized spacial score (nSPS) is 16.9. The predicted molar refractivity (Wildman–Crippen MR) is 132 cm³/mol. The zero-order valence-electron chi connectivity index (χ0n) is 20.4. The summed E-state index contributed by atoms with van der Waals surface area (Å²) in [6.45, 7) is 3.05. The van der Waals surface area contributed by atoms with Gasteiger partial charge in [0.25, 0.3) is 5.92 Å². The van der Waals surface area contributed by atoms with E-state index in [0.717, 1.165) is 23.4 Å². The van der Waals surface area contributed by atoms with Gasteiger partial charge in [0.05, 0.1) is 11.7 Å². The zero-order chi connectivity index (χ0) is 25.4. The lowest BCUT2D eigenvalue weighted by atomic mass is 9.78. The molecule has 1 aliphatic carbocycles. The molecular formula is C25H31ClF2N6O. The Bertz CT molecular complexity index is 1190. The maximum Gasteiger partial charge on any atom is 0.251 e. The van der Waals surface area contributed by atoms with Crippen LogP contribution in [-0.4, -0.2) is 63.6 Å². The number of nitrogens with zero attached hydrogens (tertiary/aromatic N) is 4. The standard InChI is InChI=1S/C25H31ClF2N6O/c1-15-29-11-18(12-30-15)20(25(5-6-25)24(2,27)28)9-23(35)31-14-19(34(3)4)8-16-7-17-13-32-33-22(17)10-21(16)26/h7,10-13,19-20H,5-6,8-9,14H2,1-4H3,(H,31,35)(H,32,33)/t19-,20-/m0/s1. The molecule has 2 atom stereocenters. The van der Waals surface area contributed by atoms with Crippen molar-refractivity contribution < 1.29 is 13.6 Å². The Labute approximate surface area is 208 Å². The summed E-state index contributed by atoms with van der Waals surface area (Å²) in [5.74, 6) is -3.27. The number of H-pyrrole nitrogens is 1. The number of aromatic amines is 1. The molecule has 2 N–H and O–H groups in total. The molecule has 7 nitrogen and oxygen atoms in total. The van der Waals surface area contributed by atoms with Gasteiger partial charge in [-0.25, -0.2) is 18.7 Å².